The molecular formula is C20H29NO3. The van der Waals surface area contributed by atoms with E-state index in [1.54, 1.807) is 24.3 Å². The van der Waals surface area contributed by atoms with Gasteiger partial charge in [-0.05, 0) is 61.8 Å². The summed E-state index contributed by atoms with van der Waals surface area (Å²) < 4.78 is 5.59. The van der Waals surface area contributed by atoms with Crippen molar-refractivity contribution in [3.63, 3.8) is 0 Å². The van der Waals surface area contributed by atoms with Gasteiger partial charge in [0.15, 0.2) is 12.4 Å². The molecule has 1 unspecified atom stereocenters. The number of ether oxygens (including phenoxy) is 1. The quantitative estimate of drug-likeness (QED) is 0.785. The highest BCUT2D eigenvalue weighted by atomic mass is 16.5. The molecule has 1 aliphatic heterocycles. The average Bonchev–Trinajstić information content (AvgIpc) is 2.79. The molecule has 0 radical (unpaired) electrons. The van der Waals surface area contributed by atoms with Crippen LogP contribution in [0.5, 0.6) is 5.75 Å². The van der Waals surface area contributed by atoms with Gasteiger partial charge in [0.1, 0.15) is 5.75 Å². The fourth-order valence-electron chi connectivity index (χ4n) is 3.23. The van der Waals surface area contributed by atoms with Crippen molar-refractivity contribution in [2.75, 3.05) is 19.7 Å². The molecule has 0 N–H and O–H groups in total. The molecular weight excluding hydrogens is 302 g/mol. The van der Waals surface area contributed by atoms with Crippen LogP contribution >= 0.6 is 0 Å². The zero-order valence-corrected chi connectivity index (χ0v) is 15.3. The van der Waals surface area contributed by atoms with Crippen LogP contribution in [0.1, 0.15) is 57.3 Å². The Balaban J connectivity index is 1.85. The number of Topliss-reactive ketones (excluding diaryl/α,β-unsaturated/α-hetero) is 1. The van der Waals surface area contributed by atoms with Crippen molar-refractivity contribution in [1.82, 2.24) is 4.90 Å². The number of nitrogens with zero attached hydrogens (tertiary/aromatic N) is 1. The highest BCUT2D eigenvalue weighted by Crippen LogP contribution is 2.34. The van der Waals surface area contributed by atoms with Gasteiger partial charge in [-0.2, -0.15) is 0 Å². The second kappa shape index (κ2) is 7.82. The van der Waals surface area contributed by atoms with Gasteiger partial charge < -0.3 is 9.64 Å². The number of likely N-dealkylation sites (tertiary alicyclic amines) is 1. The van der Waals surface area contributed by atoms with Gasteiger partial charge in [0, 0.05) is 18.7 Å². The first-order valence-corrected chi connectivity index (χ1v) is 8.79. The molecule has 2 rings (SSSR count). The van der Waals surface area contributed by atoms with Crippen LogP contribution in [0.3, 0.4) is 0 Å². The minimum Gasteiger partial charge on any atom is -0.484 e. The number of rotatable bonds is 4. The fraction of sp³-hybridized carbons (Fsp3) is 0.600. The molecule has 1 saturated heterocycles. The van der Waals surface area contributed by atoms with Gasteiger partial charge in [-0.3, -0.25) is 9.59 Å². The van der Waals surface area contributed by atoms with Crippen molar-refractivity contribution < 1.29 is 14.3 Å². The fourth-order valence-corrected chi connectivity index (χ4v) is 3.23. The molecule has 4 heteroatoms. The molecule has 0 aliphatic carbocycles. The van der Waals surface area contributed by atoms with Crippen molar-refractivity contribution in [1.29, 1.82) is 0 Å². The number of hydrogen-bond donors (Lipinski definition) is 0. The number of carbonyl (C=O) groups excluding carboxylic acids is 2. The third-order valence-corrected chi connectivity index (χ3v) is 4.93. The van der Waals surface area contributed by atoms with Crippen LogP contribution in [0.2, 0.25) is 0 Å². The summed E-state index contributed by atoms with van der Waals surface area (Å²) in [7, 11) is 0. The maximum absolute atomic E-state index is 12.4. The molecule has 132 valence electrons. The topological polar surface area (TPSA) is 46.6 Å². The van der Waals surface area contributed by atoms with E-state index in [-0.39, 0.29) is 18.3 Å². The van der Waals surface area contributed by atoms with Crippen LogP contribution in [0.4, 0.5) is 0 Å². The summed E-state index contributed by atoms with van der Waals surface area (Å²) in [5.41, 5.74) is 0.947. The smallest absolute Gasteiger partial charge is 0.260 e. The van der Waals surface area contributed by atoms with E-state index in [1.165, 1.54) is 13.3 Å². The molecule has 1 atom stereocenters. The Morgan fingerprint density at radius 1 is 1.12 bits per heavy atom. The number of amides is 1. The van der Waals surface area contributed by atoms with Gasteiger partial charge in [0.25, 0.3) is 5.91 Å². The minimum absolute atomic E-state index is 0.0237. The van der Waals surface area contributed by atoms with Crippen molar-refractivity contribution in [3.8, 4) is 5.75 Å². The summed E-state index contributed by atoms with van der Waals surface area (Å²) in [5, 5.41) is 0. The standard InChI is InChI=1S/C20H29NO3/c1-15(22)16-7-9-18(10-8-16)24-14-19(23)21-12-5-6-17(11-13-21)20(2,3)4/h7-10,17H,5-6,11-14H2,1-4H3. The van der Waals surface area contributed by atoms with Gasteiger partial charge in [0.05, 0.1) is 0 Å². The van der Waals surface area contributed by atoms with Crippen LogP contribution in [0, 0.1) is 11.3 Å². The monoisotopic (exact) mass is 331 g/mol. The van der Waals surface area contributed by atoms with E-state index in [0.717, 1.165) is 25.9 Å². The second-order valence-electron chi connectivity index (χ2n) is 7.74. The average molecular weight is 331 g/mol. The first-order chi connectivity index (χ1) is 11.3. The van der Waals surface area contributed by atoms with Crippen molar-refractivity contribution in [2.24, 2.45) is 11.3 Å². The van der Waals surface area contributed by atoms with Crippen molar-refractivity contribution in [2.45, 2.75) is 47.0 Å². The second-order valence-corrected chi connectivity index (χ2v) is 7.74. The Bertz CT molecular complexity index is 572. The summed E-state index contributed by atoms with van der Waals surface area (Å²) >= 11 is 0. The van der Waals surface area contributed by atoms with E-state index in [9.17, 15) is 9.59 Å². The first kappa shape index (κ1) is 18.5. The molecule has 1 amide bonds. The lowest BCUT2D eigenvalue weighted by Gasteiger charge is -2.29. The third kappa shape index (κ3) is 5.08. The van der Waals surface area contributed by atoms with Crippen LogP contribution < -0.4 is 4.74 Å². The zero-order chi connectivity index (χ0) is 17.7. The molecule has 4 nitrogen and oxygen atoms in total. The van der Waals surface area contributed by atoms with Gasteiger partial charge in [-0.25, -0.2) is 0 Å². The Kier molecular flexibility index (Phi) is 6.03. The predicted molar refractivity (Wildman–Crippen MR) is 95.3 cm³/mol. The van der Waals surface area contributed by atoms with Crippen molar-refractivity contribution in [3.05, 3.63) is 29.8 Å². The minimum atomic E-state index is 0.0237. The molecule has 1 aromatic carbocycles. The van der Waals surface area contributed by atoms with E-state index in [2.05, 4.69) is 20.8 Å². The number of ketones is 1. The third-order valence-electron chi connectivity index (χ3n) is 4.93. The highest BCUT2D eigenvalue weighted by Gasteiger charge is 2.28. The zero-order valence-electron chi connectivity index (χ0n) is 15.3. The highest BCUT2D eigenvalue weighted by molar-refractivity contribution is 5.94. The molecule has 1 aromatic rings. The summed E-state index contributed by atoms with van der Waals surface area (Å²) in [4.78, 5) is 25.6. The van der Waals surface area contributed by atoms with Crippen LogP contribution in [-0.2, 0) is 4.79 Å². The van der Waals surface area contributed by atoms with E-state index in [0.29, 0.717) is 22.6 Å². The molecule has 0 saturated carbocycles. The van der Waals surface area contributed by atoms with E-state index in [1.807, 2.05) is 4.90 Å². The maximum Gasteiger partial charge on any atom is 0.260 e. The summed E-state index contributed by atoms with van der Waals surface area (Å²) in [6, 6.07) is 6.92. The lowest BCUT2D eigenvalue weighted by molar-refractivity contribution is -0.133. The van der Waals surface area contributed by atoms with E-state index < -0.39 is 0 Å². The number of benzene rings is 1. The molecule has 0 spiro atoms. The molecule has 1 aliphatic rings. The molecule has 0 aromatic heterocycles. The van der Waals surface area contributed by atoms with Crippen molar-refractivity contribution >= 4 is 11.7 Å². The summed E-state index contributed by atoms with van der Waals surface area (Å²) in [5.74, 6) is 1.35. The van der Waals surface area contributed by atoms with Gasteiger partial charge in [-0.1, -0.05) is 20.8 Å². The molecule has 24 heavy (non-hydrogen) atoms. The Morgan fingerprint density at radius 3 is 2.38 bits per heavy atom. The predicted octanol–water partition coefficient (Wildman–Crippen LogP) is 3.94. The number of hydrogen-bond acceptors (Lipinski definition) is 3. The lowest BCUT2D eigenvalue weighted by atomic mass is 9.77. The lowest BCUT2D eigenvalue weighted by Crippen LogP contribution is -2.36. The Morgan fingerprint density at radius 2 is 1.79 bits per heavy atom. The molecule has 1 heterocycles. The molecule has 0 bridgehead atoms. The first-order valence-electron chi connectivity index (χ1n) is 8.79. The summed E-state index contributed by atoms with van der Waals surface area (Å²) in [6.45, 7) is 10.1. The van der Waals surface area contributed by atoms with E-state index >= 15 is 0 Å². The Hall–Kier alpha value is -1.84. The van der Waals surface area contributed by atoms with Gasteiger partial charge in [0.2, 0.25) is 0 Å². The van der Waals surface area contributed by atoms with Gasteiger partial charge in [-0.15, -0.1) is 0 Å². The SMILES string of the molecule is CC(=O)c1ccc(OCC(=O)N2CCCC(C(C)(C)C)CC2)cc1. The van der Waals surface area contributed by atoms with Crippen LogP contribution in [0.15, 0.2) is 24.3 Å². The molecule has 1 fully saturated rings. The van der Waals surface area contributed by atoms with E-state index in [4.69, 9.17) is 4.74 Å². The maximum atomic E-state index is 12.4. The normalized spacial score (nSPS) is 18.8. The van der Waals surface area contributed by atoms with Gasteiger partial charge >= 0.3 is 0 Å². The summed E-state index contributed by atoms with van der Waals surface area (Å²) in [6.07, 6.45) is 3.30. The number of carbonyl (C=O) groups is 2. The van der Waals surface area contributed by atoms with Crippen LogP contribution in [0.25, 0.3) is 0 Å². The largest absolute Gasteiger partial charge is 0.484 e. The Labute approximate surface area is 145 Å². The van der Waals surface area contributed by atoms with Crippen LogP contribution in [-0.4, -0.2) is 36.3 Å².